The fourth-order valence-corrected chi connectivity index (χ4v) is 5.53. The van der Waals surface area contributed by atoms with Gasteiger partial charge in [-0.3, -0.25) is 4.57 Å². The number of rotatable bonds is 7. The van der Waals surface area contributed by atoms with E-state index in [0.29, 0.717) is 11.3 Å². The maximum atomic E-state index is 12.5. The van der Waals surface area contributed by atoms with Crippen molar-refractivity contribution in [1.82, 2.24) is 23.4 Å². The van der Waals surface area contributed by atoms with Crippen molar-refractivity contribution in [3.63, 3.8) is 0 Å². The first kappa shape index (κ1) is 22.6. The third-order valence-corrected chi connectivity index (χ3v) is 8.44. The Morgan fingerprint density at radius 2 is 1.91 bits per heavy atom. The van der Waals surface area contributed by atoms with E-state index in [1.54, 1.807) is 23.9 Å². The lowest BCUT2D eigenvalue weighted by Crippen LogP contribution is -2.22. The molecule has 9 heteroatoms. The number of hydrogen-bond acceptors (Lipinski definition) is 5. The van der Waals surface area contributed by atoms with Crippen LogP contribution in [-0.4, -0.2) is 45.9 Å². The van der Waals surface area contributed by atoms with Gasteiger partial charge in [0.1, 0.15) is 5.82 Å². The highest BCUT2D eigenvalue weighted by atomic mass is 32.2. The maximum absolute atomic E-state index is 12.5. The summed E-state index contributed by atoms with van der Waals surface area (Å²) in [4.78, 5) is 9.58. The Labute approximate surface area is 193 Å². The van der Waals surface area contributed by atoms with Gasteiger partial charge in [0.2, 0.25) is 10.0 Å². The molecular weight excluding hydrogens is 442 g/mol. The van der Waals surface area contributed by atoms with E-state index in [2.05, 4.69) is 53.1 Å². The summed E-state index contributed by atoms with van der Waals surface area (Å²) in [6.07, 6.45) is 3.79. The Kier molecular flexibility index (Phi) is 6.15. The van der Waals surface area contributed by atoms with Crippen LogP contribution in [0.5, 0.6) is 0 Å². The van der Waals surface area contributed by atoms with Crippen molar-refractivity contribution in [2.75, 3.05) is 14.1 Å². The lowest BCUT2D eigenvalue weighted by Gasteiger charge is -2.12. The quantitative estimate of drug-likeness (QED) is 0.375. The lowest BCUT2D eigenvalue weighted by atomic mass is 10.1. The predicted octanol–water partition coefficient (Wildman–Crippen LogP) is 4.40. The normalized spacial score (nSPS) is 12.2. The number of aromatic nitrogens is 4. The van der Waals surface area contributed by atoms with Gasteiger partial charge in [-0.1, -0.05) is 23.9 Å². The van der Waals surface area contributed by atoms with Crippen molar-refractivity contribution in [2.24, 2.45) is 0 Å². The van der Waals surface area contributed by atoms with Crippen LogP contribution in [0.1, 0.15) is 23.9 Å². The van der Waals surface area contributed by atoms with E-state index in [4.69, 9.17) is 4.98 Å². The van der Waals surface area contributed by atoms with Crippen LogP contribution in [-0.2, 0) is 22.3 Å². The molecular formula is C23H27N5O2S2. The summed E-state index contributed by atoms with van der Waals surface area (Å²) in [7, 11) is -0.441. The fourth-order valence-electron chi connectivity index (χ4n) is 3.70. The number of aryl methyl sites for hydroxylation is 2. The molecule has 168 valence electrons. The molecule has 0 N–H and O–H groups in total. The third-order valence-electron chi connectivity index (χ3n) is 5.67. The molecule has 0 saturated carbocycles. The van der Waals surface area contributed by atoms with Crippen LogP contribution in [0.15, 0.2) is 58.8 Å². The molecule has 0 aliphatic heterocycles. The maximum Gasteiger partial charge on any atom is 0.242 e. The van der Waals surface area contributed by atoms with Crippen LogP contribution < -0.4 is 0 Å². The molecule has 0 aliphatic carbocycles. The van der Waals surface area contributed by atoms with E-state index in [-0.39, 0.29) is 4.90 Å². The Hall–Kier alpha value is -2.62. The zero-order chi connectivity index (χ0) is 23.0. The largest absolute Gasteiger partial charge is 0.328 e. The van der Waals surface area contributed by atoms with E-state index >= 15 is 0 Å². The van der Waals surface area contributed by atoms with E-state index in [1.165, 1.54) is 29.5 Å². The molecule has 2 heterocycles. The second-order valence-electron chi connectivity index (χ2n) is 7.80. The summed E-state index contributed by atoms with van der Waals surface area (Å²) in [5.41, 5.74) is 5.20. The van der Waals surface area contributed by atoms with Gasteiger partial charge >= 0.3 is 0 Å². The standard InChI is InChI=1S/C23H27N5O2S2/c1-6-27-21-11-10-18(32(29,30)26(4)5)14-19(21)25-22(27)15-31-23-24-12-13-28(23)20-9-7-8-16(2)17(20)3/h7-14H,6,15H2,1-5H3. The van der Waals surface area contributed by atoms with Gasteiger partial charge in [-0.25, -0.2) is 22.7 Å². The van der Waals surface area contributed by atoms with E-state index in [0.717, 1.165) is 28.7 Å². The average Bonchev–Trinajstić information content (AvgIpc) is 3.37. The average molecular weight is 470 g/mol. The number of thioether (sulfide) groups is 1. The number of benzene rings is 2. The number of nitrogens with zero attached hydrogens (tertiary/aromatic N) is 5. The monoisotopic (exact) mass is 469 g/mol. The highest BCUT2D eigenvalue weighted by Crippen LogP contribution is 2.29. The summed E-state index contributed by atoms with van der Waals surface area (Å²) in [5.74, 6) is 1.52. The van der Waals surface area contributed by atoms with Gasteiger partial charge in [-0.05, 0) is 56.2 Å². The minimum Gasteiger partial charge on any atom is -0.328 e. The summed E-state index contributed by atoms with van der Waals surface area (Å²) >= 11 is 1.62. The topological polar surface area (TPSA) is 73.0 Å². The first-order valence-electron chi connectivity index (χ1n) is 10.4. The van der Waals surface area contributed by atoms with Gasteiger partial charge in [0.25, 0.3) is 0 Å². The molecule has 0 atom stereocenters. The van der Waals surface area contributed by atoms with Crippen molar-refractivity contribution in [3.8, 4) is 5.69 Å². The molecule has 4 rings (SSSR count). The molecule has 0 bridgehead atoms. The first-order chi connectivity index (χ1) is 15.2. The van der Waals surface area contributed by atoms with E-state index in [9.17, 15) is 8.42 Å². The molecule has 2 aromatic heterocycles. The van der Waals surface area contributed by atoms with Crippen LogP contribution in [0, 0.1) is 13.8 Å². The van der Waals surface area contributed by atoms with Crippen LogP contribution in [0.25, 0.3) is 16.7 Å². The summed E-state index contributed by atoms with van der Waals surface area (Å²) in [5, 5.41) is 0.893. The van der Waals surface area contributed by atoms with Gasteiger partial charge in [-0.15, -0.1) is 0 Å². The highest BCUT2D eigenvalue weighted by Gasteiger charge is 2.20. The number of sulfonamides is 1. The van der Waals surface area contributed by atoms with E-state index in [1.807, 2.05) is 18.5 Å². The Morgan fingerprint density at radius 1 is 1.12 bits per heavy atom. The van der Waals surface area contributed by atoms with Gasteiger partial charge in [-0.2, -0.15) is 0 Å². The van der Waals surface area contributed by atoms with Gasteiger partial charge in [0, 0.05) is 33.0 Å². The zero-order valence-electron chi connectivity index (χ0n) is 18.9. The molecule has 32 heavy (non-hydrogen) atoms. The van der Waals surface area contributed by atoms with Crippen molar-refractivity contribution >= 4 is 32.8 Å². The SMILES string of the molecule is CCn1c(CSc2nccn2-c2cccc(C)c2C)nc2cc(S(=O)(=O)N(C)C)ccc21. The molecule has 0 unspecified atom stereocenters. The molecule has 0 fully saturated rings. The summed E-state index contributed by atoms with van der Waals surface area (Å²) < 4.78 is 30.5. The van der Waals surface area contributed by atoms with Crippen molar-refractivity contribution in [3.05, 3.63) is 65.7 Å². The van der Waals surface area contributed by atoms with Crippen molar-refractivity contribution < 1.29 is 8.42 Å². The smallest absolute Gasteiger partial charge is 0.242 e. The van der Waals surface area contributed by atoms with E-state index < -0.39 is 10.0 Å². The molecule has 0 spiro atoms. The molecule has 0 radical (unpaired) electrons. The molecule has 7 nitrogen and oxygen atoms in total. The van der Waals surface area contributed by atoms with Crippen molar-refractivity contribution in [1.29, 1.82) is 0 Å². The Balaban J connectivity index is 1.66. The Morgan fingerprint density at radius 3 is 2.62 bits per heavy atom. The van der Waals surface area contributed by atoms with Crippen LogP contribution >= 0.6 is 11.8 Å². The van der Waals surface area contributed by atoms with Crippen LogP contribution in [0.2, 0.25) is 0 Å². The highest BCUT2D eigenvalue weighted by molar-refractivity contribution is 7.98. The number of fused-ring (bicyclic) bond motifs is 1. The second-order valence-corrected chi connectivity index (χ2v) is 10.9. The molecule has 0 saturated heterocycles. The van der Waals surface area contributed by atoms with Crippen LogP contribution in [0.4, 0.5) is 0 Å². The first-order valence-corrected chi connectivity index (χ1v) is 12.8. The minimum absolute atomic E-state index is 0.250. The predicted molar refractivity (Wildman–Crippen MR) is 129 cm³/mol. The second kappa shape index (κ2) is 8.73. The number of hydrogen-bond donors (Lipinski definition) is 0. The summed E-state index contributed by atoms with van der Waals surface area (Å²) in [6.45, 7) is 7.04. The molecule has 0 amide bonds. The molecule has 0 aliphatic rings. The summed E-state index contributed by atoms with van der Waals surface area (Å²) in [6, 6.07) is 11.4. The van der Waals surface area contributed by atoms with Gasteiger partial charge in [0.15, 0.2) is 5.16 Å². The third kappa shape index (κ3) is 3.96. The fraction of sp³-hybridized carbons (Fsp3) is 0.304. The number of imidazole rings is 2. The lowest BCUT2D eigenvalue weighted by molar-refractivity contribution is 0.521. The van der Waals surface area contributed by atoms with Crippen LogP contribution in [0.3, 0.4) is 0 Å². The van der Waals surface area contributed by atoms with Gasteiger partial charge < -0.3 is 4.57 Å². The molecule has 2 aromatic carbocycles. The molecule has 4 aromatic rings. The Bertz CT molecular complexity index is 1390. The minimum atomic E-state index is -3.50. The van der Waals surface area contributed by atoms with Gasteiger partial charge in [0.05, 0.1) is 27.4 Å². The zero-order valence-corrected chi connectivity index (χ0v) is 20.5. The van der Waals surface area contributed by atoms with Crippen molar-refractivity contribution in [2.45, 2.75) is 43.1 Å².